The maximum Gasteiger partial charge on any atom is 0.317 e. The Morgan fingerprint density at radius 2 is 2.24 bits per heavy atom. The molecule has 0 bridgehead atoms. The van der Waals surface area contributed by atoms with Gasteiger partial charge in [-0.15, -0.1) is 0 Å². The molecule has 3 rings (SSSR count). The van der Waals surface area contributed by atoms with Gasteiger partial charge in [0.2, 0.25) is 0 Å². The Hall–Kier alpha value is -1.60. The lowest BCUT2D eigenvalue weighted by molar-refractivity contribution is -0.0178. The van der Waals surface area contributed by atoms with E-state index in [9.17, 15) is 4.79 Å². The molecule has 3 unspecified atom stereocenters. The monoisotopic (exact) mass is 349 g/mol. The molecular weight excluding hydrogens is 318 g/mol. The highest BCUT2D eigenvalue weighted by atomic mass is 16.5. The van der Waals surface area contributed by atoms with Gasteiger partial charge >= 0.3 is 6.03 Å². The summed E-state index contributed by atoms with van der Waals surface area (Å²) >= 11 is 0. The number of H-pyrrole nitrogens is 1. The summed E-state index contributed by atoms with van der Waals surface area (Å²) in [5, 5.41) is 10.5. The highest BCUT2D eigenvalue weighted by molar-refractivity contribution is 5.75. The van der Waals surface area contributed by atoms with Gasteiger partial charge in [0.1, 0.15) is 0 Å². The van der Waals surface area contributed by atoms with Gasteiger partial charge in [-0.3, -0.25) is 10.00 Å². The van der Waals surface area contributed by atoms with Gasteiger partial charge < -0.3 is 15.0 Å². The Morgan fingerprint density at radius 3 is 2.92 bits per heavy atom. The molecule has 25 heavy (non-hydrogen) atoms. The number of likely N-dealkylation sites (tertiary alicyclic amines) is 1. The first kappa shape index (κ1) is 18.2. The van der Waals surface area contributed by atoms with Crippen LogP contribution in [0.2, 0.25) is 0 Å². The van der Waals surface area contributed by atoms with Crippen molar-refractivity contribution in [2.24, 2.45) is 0 Å². The van der Waals surface area contributed by atoms with Crippen LogP contribution in [0.1, 0.15) is 49.7 Å². The van der Waals surface area contributed by atoms with Crippen LogP contribution in [0.3, 0.4) is 0 Å². The zero-order valence-electron chi connectivity index (χ0n) is 15.8. The number of aromatic amines is 1. The minimum Gasteiger partial charge on any atom is -0.379 e. The number of aromatic nitrogens is 2. The standard InChI is InChI=1S/C18H31N5O2/c1-12(22-8-9-25-11-13(22)2)10-19-18(24)23-7-5-6-16(23)17-14(3)20-21-15(17)4/h12-13,16H,5-11H2,1-4H3,(H,19,24)(H,20,21). The molecule has 2 fully saturated rings. The molecule has 3 heterocycles. The Kier molecular flexibility index (Phi) is 5.64. The fraction of sp³-hybridized carbons (Fsp3) is 0.778. The highest BCUT2D eigenvalue weighted by Crippen LogP contribution is 2.34. The number of morpholine rings is 1. The molecule has 1 aromatic rings. The minimum absolute atomic E-state index is 0.0373. The van der Waals surface area contributed by atoms with Gasteiger partial charge in [-0.05, 0) is 40.5 Å². The van der Waals surface area contributed by atoms with Crippen LogP contribution in [-0.4, -0.2) is 71.0 Å². The number of nitrogens with zero attached hydrogens (tertiary/aromatic N) is 3. The molecule has 0 aromatic carbocycles. The maximum atomic E-state index is 12.8. The van der Waals surface area contributed by atoms with Crippen molar-refractivity contribution in [3.05, 3.63) is 17.0 Å². The van der Waals surface area contributed by atoms with E-state index in [0.29, 0.717) is 18.6 Å². The van der Waals surface area contributed by atoms with E-state index in [1.807, 2.05) is 18.7 Å². The Labute approximate surface area is 150 Å². The number of carbonyl (C=O) groups excluding carboxylic acids is 1. The number of urea groups is 1. The number of hydrogen-bond donors (Lipinski definition) is 2. The topological polar surface area (TPSA) is 73.5 Å². The van der Waals surface area contributed by atoms with Crippen molar-refractivity contribution in [1.29, 1.82) is 0 Å². The molecule has 7 heteroatoms. The summed E-state index contributed by atoms with van der Waals surface area (Å²) in [6.45, 7) is 12.3. The molecule has 2 saturated heterocycles. The van der Waals surface area contributed by atoms with Crippen LogP contribution in [0.25, 0.3) is 0 Å². The first-order valence-electron chi connectivity index (χ1n) is 9.38. The maximum absolute atomic E-state index is 12.8. The number of ether oxygens (including phenoxy) is 1. The van der Waals surface area contributed by atoms with Crippen LogP contribution in [0.4, 0.5) is 4.79 Å². The van der Waals surface area contributed by atoms with Gasteiger partial charge in [0, 0.05) is 43.0 Å². The van der Waals surface area contributed by atoms with Crippen molar-refractivity contribution in [3.8, 4) is 0 Å². The molecule has 1 aromatic heterocycles. The predicted octanol–water partition coefficient (Wildman–Crippen LogP) is 1.98. The second kappa shape index (κ2) is 7.74. The number of nitrogens with one attached hydrogen (secondary N) is 2. The van der Waals surface area contributed by atoms with Gasteiger partial charge in [-0.2, -0.15) is 5.10 Å². The molecule has 3 atom stereocenters. The summed E-state index contributed by atoms with van der Waals surface area (Å²) in [5.74, 6) is 0. The van der Waals surface area contributed by atoms with Crippen LogP contribution in [0, 0.1) is 13.8 Å². The normalized spacial score (nSPS) is 26.0. The van der Waals surface area contributed by atoms with Crippen molar-refractivity contribution in [2.75, 3.05) is 32.8 Å². The number of aryl methyl sites for hydroxylation is 2. The quantitative estimate of drug-likeness (QED) is 0.872. The van der Waals surface area contributed by atoms with Crippen LogP contribution in [0.15, 0.2) is 0 Å². The third kappa shape index (κ3) is 3.82. The van der Waals surface area contributed by atoms with E-state index < -0.39 is 0 Å². The minimum atomic E-state index is 0.0373. The molecule has 2 N–H and O–H groups in total. The van der Waals surface area contributed by atoms with Crippen LogP contribution in [0.5, 0.6) is 0 Å². The molecule has 0 aliphatic carbocycles. The molecule has 2 amide bonds. The molecule has 2 aliphatic rings. The van der Waals surface area contributed by atoms with Crippen LogP contribution < -0.4 is 5.32 Å². The molecule has 2 aliphatic heterocycles. The second-order valence-electron chi connectivity index (χ2n) is 7.40. The Morgan fingerprint density at radius 1 is 1.44 bits per heavy atom. The number of carbonyl (C=O) groups is 1. The van der Waals surface area contributed by atoms with Crippen LogP contribution in [-0.2, 0) is 4.74 Å². The third-order valence-electron chi connectivity index (χ3n) is 5.57. The average Bonchev–Trinajstić information content (AvgIpc) is 3.19. The van der Waals surface area contributed by atoms with E-state index in [1.165, 1.54) is 5.56 Å². The summed E-state index contributed by atoms with van der Waals surface area (Å²) in [6.07, 6.45) is 2.04. The van der Waals surface area contributed by atoms with Gasteiger partial charge in [-0.1, -0.05) is 0 Å². The third-order valence-corrected chi connectivity index (χ3v) is 5.57. The second-order valence-corrected chi connectivity index (χ2v) is 7.40. The fourth-order valence-electron chi connectivity index (χ4n) is 4.21. The Bertz CT molecular complexity index is 583. The van der Waals surface area contributed by atoms with E-state index in [0.717, 1.165) is 50.5 Å². The largest absolute Gasteiger partial charge is 0.379 e. The number of hydrogen-bond acceptors (Lipinski definition) is 4. The molecular formula is C18H31N5O2. The van der Waals surface area contributed by atoms with Crippen LogP contribution >= 0.6 is 0 Å². The van der Waals surface area contributed by atoms with Crippen molar-refractivity contribution in [3.63, 3.8) is 0 Å². The van der Waals surface area contributed by atoms with Gasteiger partial charge in [-0.25, -0.2) is 4.79 Å². The van der Waals surface area contributed by atoms with E-state index in [-0.39, 0.29) is 12.1 Å². The van der Waals surface area contributed by atoms with Crippen molar-refractivity contribution < 1.29 is 9.53 Å². The molecule has 0 saturated carbocycles. The van der Waals surface area contributed by atoms with Gasteiger partial charge in [0.15, 0.2) is 0 Å². The Balaban J connectivity index is 1.59. The number of amides is 2. The molecule has 0 spiro atoms. The van der Waals surface area contributed by atoms with E-state index >= 15 is 0 Å². The molecule has 0 radical (unpaired) electrons. The summed E-state index contributed by atoms with van der Waals surface area (Å²) in [7, 11) is 0. The van der Waals surface area contributed by atoms with E-state index in [2.05, 4.69) is 34.3 Å². The van der Waals surface area contributed by atoms with Crippen molar-refractivity contribution >= 4 is 6.03 Å². The molecule has 7 nitrogen and oxygen atoms in total. The van der Waals surface area contributed by atoms with E-state index in [4.69, 9.17) is 4.74 Å². The smallest absolute Gasteiger partial charge is 0.317 e. The van der Waals surface area contributed by atoms with Gasteiger partial charge in [0.25, 0.3) is 0 Å². The SMILES string of the molecule is Cc1n[nH]c(C)c1C1CCCN1C(=O)NCC(C)N1CCOCC1C. The molecule has 140 valence electrons. The summed E-state index contributed by atoms with van der Waals surface area (Å²) in [6, 6.07) is 0.879. The lowest BCUT2D eigenvalue weighted by atomic mass is 10.0. The lowest BCUT2D eigenvalue weighted by Crippen LogP contribution is -2.53. The summed E-state index contributed by atoms with van der Waals surface area (Å²) < 4.78 is 5.50. The van der Waals surface area contributed by atoms with E-state index in [1.54, 1.807) is 0 Å². The summed E-state index contributed by atoms with van der Waals surface area (Å²) in [5.41, 5.74) is 3.25. The number of rotatable bonds is 4. The van der Waals surface area contributed by atoms with Gasteiger partial charge in [0.05, 0.1) is 24.9 Å². The lowest BCUT2D eigenvalue weighted by Gasteiger charge is -2.38. The zero-order chi connectivity index (χ0) is 18.0. The first-order valence-corrected chi connectivity index (χ1v) is 9.38. The summed E-state index contributed by atoms with van der Waals surface area (Å²) in [4.78, 5) is 17.2. The average molecular weight is 349 g/mol. The van der Waals surface area contributed by atoms with Crippen molar-refractivity contribution in [1.82, 2.24) is 25.3 Å². The predicted molar refractivity (Wildman–Crippen MR) is 96.6 cm³/mol. The highest BCUT2D eigenvalue weighted by Gasteiger charge is 2.33. The first-order chi connectivity index (χ1) is 12.0. The van der Waals surface area contributed by atoms with Crippen molar-refractivity contribution in [2.45, 2.75) is 58.7 Å². The fourth-order valence-corrected chi connectivity index (χ4v) is 4.21. The zero-order valence-corrected chi connectivity index (χ0v) is 15.8.